The molecule has 1 amide bonds. The van der Waals surface area contributed by atoms with Crippen LogP contribution in [0.15, 0.2) is 48.5 Å². The molecule has 0 saturated carbocycles. The van der Waals surface area contributed by atoms with Gasteiger partial charge in [-0.05, 0) is 55.1 Å². The minimum absolute atomic E-state index is 0.109. The number of methoxy groups -OCH3 is 1. The van der Waals surface area contributed by atoms with Crippen LogP contribution in [0.4, 0.5) is 4.79 Å². The van der Waals surface area contributed by atoms with Crippen LogP contribution in [-0.2, 0) is 9.47 Å². The van der Waals surface area contributed by atoms with Crippen molar-refractivity contribution < 1.29 is 19.1 Å². The molecule has 1 unspecified atom stereocenters. The molecule has 0 aromatic heterocycles. The lowest BCUT2D eigenvalue weighted by atomic mass is 9.95. The van der Waals surface area contributed by atoms with E-state index in [-0.39, 0.29) is 12.4 Å². The number of carbonyl (C=O) groups is 2. The molecule has 2 atom stereocenters. The molecule has 0 bridgehead atoms. The van der Waals surface area contributed by atoms with Gasteiger partial charge < -0.3 is 20.1 Å². The zero-order valence-electron chi connectivity index (χ0n) is 19.9. The average Bonchev–Trinajstić information content (AvgIpc) is 2.81. The Morgan fingerprint density at radius 1 is 1.06 bits per heavy atom. The number of rotatable bonds is 13. The van der Waals surface area contributed by atoms with Crippen molar-refractivity contribution in [2.75, 3.05) is 27.3 Å². The molecule has 6 nitrogen and oxygen atoms in total. The van der Waals surface area contributed by atoms with E-state index in [1.807, 2.05) is 49.5 Å². The van der Waals surface area contributed by atoms with Gasteiger partial charge in [-0.3, -0.25) is 4.79 Å². The lowest BCUT2D eigenvalue weighted by molar-refractivity contribution is 0.0804. The van der Waals surface area contributed by atoms with Gasteiger partial charge in [-0.2, -0.15) is 0 Å². The summed E-state index contributed by atoms with van der Waals surface area (Å²) in [6.45, 7) is 4.94. The minimum Gasteiger partial charge on any atom is -0.453 e. The number of halogens is 1. The maximum absolute atomic E-state index is 12.9. The fourth-order valence-corrected chi connectivity index (χ4v) is 3.93. The van der Waals surface area contributed by atoms with Crippen molar-refractivity contribution in [1.82, 2.24) is 10.6 Å². The highest BCUT2D eigenvalue weighted by Crippen LogP contribution is 2.29. The first-order valence-corrected chi connectivity index (χ1v) is 11.7. The minimum atomic E-state index is -0.511. The molecule has 0 saturated heterocycles. The quantitative estimate of drug-likeness (QED) is 0.300. The van der Waals surface area contributed by atoms with Crippen molar-refractivity contribution in [3.05, 3.63) is 70.2 Å². The fraction of sp³-hybridized carbons (Fsp3) is 0.462. The number of hydrogen-bond acceptors (Lipinski definition) is 5. The Hall–Kier alpha value is -2.41. The van der Waals surface area contributed by atoms with Crippen molar-refractivity contribution in [2.24, 2.45) is 5.92 Å². The van der Waals surface area contributed by atoms with Crippen LogP contribution in [0.5, 0.6) is 0 Å². The molecule has 2 aromatic carbocycles. The van der Waals surface area contributed by atoms with Crippen LogP contribution in [0.2, 0.25) is 5.02 Å². The Balaban J connectivity index is 2.15. The summed E-state index contributed by atoms with van der Waals surface area (Å²) in [4.78, 5) is 24.2. The normalized spacial score (nSPS) is 12.9. The third-order valence-corrected chi connectivity index (χ3v) is 5.62. The topological polar surface area (TPSA) is 76.7 Å². The average molecular weight is 475 g/mol. The number of alkyl carbamates (subject to hydrolysis) is 1. The van der Waals surface area contributed by atoms with E-state index in [1.165, 1.54) is 7.11 Å². The van der Waals surface area contributed by atoms with E-state index < -0.39 is 12.2 Å². The second-order valence-corrected chi connectivity index (χ2v) is 8.86. The Labute approximate surface area is 202 Å². The van der Waals surface area contributed by atoms with Gasteiger partial charge in [0.1, 0.15) is 6.10 Å². The lowest BCUT2D eigenvalue weighted by Crippen LogP contribution is -2.27. The molecule has 2 aromatic rings. The van der Waals surface area contributed by atoms with Crippen molar-refractivity contribution in [3.8, 4) is 0 Å². The Kier molecular flexibility index (Phi) is 11.4. The summed E-state index contributed by atoms with van der Waals surface area (Å²) in [5, 5.41) is 6.52. The standard InChI is InChI=1S/C26H35ClN2O4/c1-18(2)15-23(28-3)11-12-24(30)19-7-5-8-20(16-19)25(21-9-6-10-22(27)17-21)33-14-13-29-26(31)32-4/h5-10,16-18,23,25,28H,11-15H2,1-4H3,(H,29,31)/t23-,25?/m1/s1. The van der Waals surface area contributed by atoms with Crippen LogP contribution < -0.4 is 10.6 Å². The summed E-state index contributed by atoms with van der Waals surface area (Å²) in [7, 11) is 3.26. The maximum Gasteiger partial charge on any atom is 0.406 e. The molecule has 0 aliphatic heterocycles. The smallest absolute Gasteiger partial charge is 0.406 e. The third kappa shape index (κ3) is 9.16. The lowest BCUT2D eigenvalue weighted by Gasteiger charge is -2.20. The van der Waals surface area contributed by atoms with Gasteiger partial charge in [0.25, 0.3) is 0 Å². The van der Waals surface area contributed by atoms with E-state index >= 15 is 0 Å². The molecule has 2 N–H and O–H groups in total. The van der Waals surface area contributed by atoms with E-state index in [0.717, 1.165) is 24.0 Å². The molecule has 7 heteroatoms. The van der Waals surface area contributed by atoms with Gasteiger partial charge in [0.2, 0.25) is 0 Å². The van der Waals surface area contributed by atoms with E-state index in [4.69, 9.17) is 16.3 Å². The summed E-state index contributed by atoms with van der Waals surface area (Å²) in [6.07, 6.45) is 1.37. The summed E-state index contributed by atoms with van der Waals surface area (Å²) < 4.78 is 10.7. The van der Waals surface area contributed by atoms with Crippen molar-refractivity contribution in [2.45, 2.75) is 45.3 Å². The molecule has 33 heavy (non-hydrogen) atoms. The van der Waals surface area contributed by atoms with Crippen molar-refractivity contribution in [1.29, 1.82) is 0 Å². The molecule has 0 radical (unpaired) electrons. The van der Waals surface area contributed by atoms with E-state index in [1.54, 1.807) is 6.07 Å². The molecule has 0 aliphatic rings. The number of ether oxygens (including phenoxy) is 2. The molecule has 0 fully saturated rings. The highest BCUT2D eigenvalue weighted by Gasteiger charge is 2.18. The van der Waals surface area contributed by atoms with Gasteiger partial charge >= 0.3 is 6.09 Å². The number of carbonyl (C=O) groups excluding carboxylic acids is 2. The number of Topliss-reactive ketones (excluding diaryl/α,β-unsaturated/α-hetero) is 1. The van der Waals surface area contributed by atoms with E-state index in [0.29, 0.717) is 35.5 Å². The summed E-state index contributed by atoms with van der Waals surface area (Å²) in [5.74, 6) is 0.684. The van der Waals surface area contributed by atoms with Gasteiger partial charge in [0, 0.05) is 29.6 Å². The highest BCUT2D eigenvalue weighted by atomic mass is 35.5. The first-order valence-electron chi connectivity index (χ1n) is 11.3. The van der Waals surface area contributed by atoms with Gasteiger partial charge in [-0.25, -0.2) is 4.79 Å². The maximum atomic E-state index is 12.9. The van der Waals surface area contributed by atoms with Gasteiger partial charge in [0.05, 0.1) is 13.7 Å². The Morgan fingerprint density at radius 2 is 1.76 bits per heavy atom. The first-order chi connectivity index (χ1) is 15.8. The van der Waals surface area contributed by atoms with Gasteiger partial charge in [-0.1, -0.05) is 55.8 Å². The summed E-state index contributed by atoms with van der Waals surface area (Å²) in [6, 6.07) is 15.3. The van der Waals surface area contributed by atoms with Crippen LogP contribution in [0.25, 0.3) is 0 Å². The SMILES string of the molecule is CN[C@H](CCC(=O)c1cccc(C(OCCNC(=O)OC)c2cccc(Cl)c2)c1)CC(C)C. The van der Waals surface area contributed by atoms with Crippen molar-refractivity contribution in [3.63, 3.8) is 0 Å². The van der Waals surface area contributed by atoms with E-state index in [2.05, 4.69) is 29.2 Å². The fourth-order valence-electron chi connectivity index (χ4n) is 3.73. The number of amides is 1. The molecule has 0 heterocycles. The zero-order chi connectivity index (χ0) is 24.2. The zero-order valence-corrected chi connectivity index (χ0v) is 20.7. The molecular weight excluding hydrogens is 440 g/mol. The number of ketones is 1. The number of nitrogens with one attached hydrogen (secondary N) is 2. The van der Waals surface area contributed by atoms with Crippen LogP contribution >= 0.6 is 11.6 Å². The molecule has 0 spiro atoms. The monoisotopic (exact) mass is 474 g/mol. The summed E-state index contributed by atoms with van der Waals surface area (Å²) in [5.41, 5.74) is 2.39. The van der Waals surface area contributed by atoms with Crippen LogP contribution in [0, 0.1) is 5.92 Å². The van der Waals surface area contributed by atoms with Crippen LogP contribution in [0.3, 0.4) is 0 Å². The predicted molar refractivity (Wildman–Crippen MR) is 132 cm³/mol. The number of benzene rings is 2. The molecule has 180 valence electrons. The van der Waals surface area contributed by atoms with Gasteiger partial charge in [-0.15, -0.1) is 0 Å². The van der Waals surface area contributed by atoms with Gasteiger partial charge in [0.15, 0.2) is 5.78 Å². The summed E-state index contributed by atoms with van der Waals surface area (Å²) >= 11 is 6.21. The predicted octanol–water partition coefficient (Wildman–Crippen LogP) is 5.40. The van der Waals surface area contributed by atoms with Crippen LogP contribution in [-0.4, -0.2) is 45.2 Å². The Bertz CT molecular complexity index is 903. The van der Waals surface area contributed by atoms with Crippen LogP contribution in [0.1, 0.15) is 60.7 Å². The largest absolute Gasteiger partial charge is 0.453 e. The third-order valence-electron chi connectivity index (χ3n) is 5.39. The molecular formula is C26H35ClN2O4. The molecule has 0 aliphatic carbocycles. The highest BCUT2D eigenvalue weighted by molar-refractivity contribution is 6.30. The van der Waals surface area contributed by atoms with Crippen molar-refractivity contribution >= 4 is 23.5 Å². The van der Waals surface area contributed by atoms with E-state index in [9.17, 15) is 9.59 Å². The second kappa shape index (κ2) is 14.0. The second-order valence-electron chi connectivity index (χ2n) is 8.43. The number of hydrogen-bond donors (Lipinski definition) is 2. The Morgan fingerprint density at radius 3 is 2.39 bits per heavy atom. The molecule has 2 rings (SSSR count). The first kappa shape index (κ1) is 26.8.